The Labute approximate surface area is 72.8 Å². The standard InChI is InChI=1S/C7H5BrN2O/c1-11-6-3-2-5(4-9)7(8)10-6/h2-3H,1H3. The van der Waals surface area contributed by atoms with Gasteiger partial charge in [0.25, 0.3) is 0 Å². The zero-order chi connectivity index (χ0) is 8.27. The quantitative estimate of drug-likeness (QED) is 0.667. The number of rotatable bonds is 1. The van der Waals surface area contributed by atoms with Gasteiger partial charge in [-0.15, -0.1) is 0 Å². The van der Waals surface area contributed by atoms with Crippen LogP contribution < -0.4 is 4.74 Å². The first kappa shape index (κ1) is 8.02. The summed E-state index contributed by atoms with van der Waals surface area (Å²) in [5.41, 5.74) is 0.505. The van der Waals surface area contributed by atoms with Crippen molar-refractivity contribution in [1.82, 2.24) is 4.98 Å². The van der Waals surface area contributed by atoms with Crippen LogP contribution >= 0.6 is 15.9 Å². The molecule has 1 aromatic rings. The molecule has 0 saturated carbocycles. The second-order valence-electron chi connectivity index (χ2n) is 1.80. The highest BCUT2D eigenvalue weighted by atomic mass is 79.9. The van der Waals surface area contributed by atoms with Crippen molar-refractivity contribution in [3.05, 3.63) is 22.3 Å². The van der Waals surface area contributed by atoms with E-state index < -0.39 is 0 Å². The van der Waals surface area contributed by atoms with Crippen molar-refractivity contribution in [2.75, 3.05) is 7.11 Å². The van der Waals surface area contributed by atoms with Gasteiger partial charge in [-0.2, -0.15) is 5.26 Å². The van der Waals surface area contributed by atoms with Crippen LogP contribution in [0.1, 0.15) is 5.56 Å². The first-order valence-electron chi connectivity index (χ1n) is 2.88. The zero-order valence-electron chi connectivity index (χ0n) is 5.84. The number of hydrogen-bond donors (Lipinski definition) is 0. The summed E-state index contributed by atoms with van der Waals surface area (Å²) in [5.74, 6) is 0.496. The molecule has 0 saturated heterocycles. The topological polar surface area (TPSA) is 45.9 Å². The third kappa shape index (κ3) is 1.69. The molecule has 0 aliphatic heterocycles. The Morgan fingerprint density at radius 1 is 1.64 bits per heavy atom. The lowest BCUT2D eigenvalue weighted by Gasteiger charge is -1.98. The molecule has 0 atom stereocenters. The molecule has 56 valence electrons. The number of ether oxygens (including phenoxy) is 1. The van der Waals surface area contributed by atoms with E-state index in [2.05, 4.69) is 20.9 Å². The van der Waals surface area contributed by atoms with Gasteiger partial charge in [0.05, 0.1) is 12.7 Å². The zero-order valence-corrected chi connectivity index (χ0v) is 7.42. The summed E-state index contributed by atoms with van der Waals surface area (Å²) in [6, 6.07) is 5.27. The van der Waals surface area contributed by atoms with Crippen molar-refractivity contribution in [2.24, 2.45) is 0 Å². The molecule has 0 unspecified atom stereocenters. The van der Waals surface area contributed by atoms with Crippen molar-refractivity contribution in [2.45, 2.75) is 0 Å². The third-order valence-electron chi connectivity index (χ3n) is 1.15. The minimum absolute atomic E-state index is 0.496. The molecule has 0 spiro atoms. The lowest BCUT2D eigenvalue weighted by molar-refractivity contribution is 0.397. The number of nitrogens with zero attached hydrogens (tertiary/aromatic N) is 2. The van der Waals surface area contributed by atoms with Crippen molar-refractivity contribution in [3.8, 4) is 11.9 Å². The summed E-state index contributed by atoms with van der Waals surface area (Å²) in [5, 5.41) is 8.52. The van der Waals surface area contributed by atoms with Crippen LogP contribution in [0.4, 0.5) is 0 Å². The van der Waals surface area contributed by atoms with E-state index >= 15 is 0 Å². The molecule has 0 radical (unpaired) electrons. The van der Waals surface area contributed by atoms with Gasteiger partial charge in [-0.3, -0.25) is 0 Å². The summed E-state index contributed by atoms with van der Waals surface area (Å²) in [7, 11) is 1.53. The van der Waals surface area contributed by atoms with Gasteiger partial charge in [-0.1, -0.05) is 0 Å². The highest BCUT2D eigenvalue weighted by Crippen LogP contribution is 2.16. The summed E-state index contributed by atoms with van der Waals surface area (Å²) in [6.45, 7) is 0. The molecule has 0 bridgehead atoms. The smallest absolute Gasteiger partial charge is 0.214 e. The molecule has 0 aromatic carbocycles. The maximum absolute atomic E-state index is 8.52. The van der Waals surface area contributed by atoms with Crippen LogP contribution in [-0.2, 0) is 0 Å². The van der Waals surface area contributed by atoms with Gasteiger partial charge in [0.1, 0.15) is 10.7 Å². The molecule has 1 aromatic heterocycles. The first-order valence-corrected chi connectivity index (χ1v) is 3.68. The Bertz CT molecular complexity index is 306. The normalized spacial score (nSPS) is 8.82. The molecule has 0 aliphatic rings. The van der Waals surface area contributed by atoms with Gasteiger partial charge < -0.3 is 4.74 Å². The van der Waals surface area contributed by atoms with Crippen LogP contribution in [0.2, 0.25) is 0 Å². The molecule has 0 aliphatic carbocycles. The van der Waals surface area contributed by atoms with E-state index in [1.807, 2.05) is 6.07 Å². The summed E-state index contributed by atoms with van der Waals surface area (Å²) >= 11 is 3.13. The molecule has 1 heterocycles. The second kappa shape index (κ2) is 3.35. The minimum atomic E-state index is 0.496. The predicted molar refractivity (Wildman–Crippen MR) is 43.2 cm³/mol. The van der Waals surface area contributed by atoms with Gasteiger partial charge in [-0.25, -0.2) is 4.98 Å². The van der Waals surface area contributed by atoms with Crippen molar-refractivity contribution in [3.63, 3.8) is 0 Å². The monoisotopic (exact) mass is 212 g/mol. The number of hydrogen-bond acceptors (Lipinski definition) is 3. The highest BCUT2D eigenvalue weighted by molar-refractivity contribution is 9.10. The van der Waals surface area contributed by atoms with E-state index in [0.29, 0.717) is 16.0 Å². The maximum atomic E-state index is 8.52. The Morgan fingerprint density at radius 3 is 2.82 bits per heavy atom. The molecule has 0 amide bonds. The highest BCUT2D eigenvalue weighted by Gasteiger charge is 2.00. The van der Waals surface area contributed by atoms with E-state index in [4.69, 9.17) is 10.00 Å². The Morgan fingerprint density at radius 2 is 2.36 bits per heavy atom. The Hall–Kier alpha value is -1.08. The number of nitriles is 1. The van der Waals surface area contributed by atoms with E-state index in [0.717, 1.165) is 0 Å². The molecule has 11 heavy (non-hydrogen) atoms. The lowest BCUT2D eigenvalue weighted by Crippen LogP contribution is -1.89. The fourth-order valence-electron chi connectivity index (χ4n) is 0.615. The molecule has 0 N–H and O–H groups in total. The van der Waals surface area contributed by atoms with Gasteiger partial charge in [0.15, 0.2) is 0 Å². The Balaban J connectivity index is 3.12. The molecular weight excluding hydrogens is 208 g/mol. The van der Waals surface area contributed by atoms with Crippen LogP contribution in [0.5, 0.6) is 5.88 Å². The van der Waals surface area contributed by atoms with Crippen LogP contribution in [0.15, 0.2) is 16.7 Å². The first-order chi connectivity index (χ1) is 5.27. The van der Waals surface area contributed by atoms with Gasteiger partial charge >= 0.3 is 0 Å². The van der Waals surface area contributed by atoms with E-state index in [1.54, 1.807) is 12.1 Å². The third-order valence-corrected chi connectivity index (χ3v) is 1.76. The predicted octanol–water partition coefficient (Wildman–Crippen LogP) is 1.72. The maximum Gasteiger partial charge on any atom is 0.214 e. The molecule has 3 nitrogen and oxygen atoms in total. The van der Waals surface area contributed by atoms with Crippen LogP contribution in [0.25, 0.3) is 0 Å². The number of halogens is 1. The van der Waals surface area contributed by atoms with Gasteiger partial charge in [-0.05, 0) is 22.0 Å². The van der Waals surface area contributed by atoms with E-state index in [-0.39, 0.29) is 0 Å². The average molecular weight is 213 g/mol. The van der Waals surface area contributed by atoms with E-state index in [9.17, 15) is 0 Å². The van der Waals surface area contributed by atoms with Crippen molar-refractivity contribution < 1.29 is 4.74 Å². The molecular formula is C7H5BrN2O. The fraction of sp³-hybridized carbons (Fsp3) is 0.143. The van der Waals surface area contributed by atoms with Crippen LogP contribution in [-0.4, -0.2) is 12.1 Å². The second-order valence-corrected chi connectivity index (χ2v) is 2.55. The van der Waals surface area contributed by atoms with Crippen LogP contribution in [0, 0.1) is 11.3 Å². The summed E-state index contributed by atoms with van der Waals surface area (Å²) < 4.78 is 5.36. The van der Waals surface area contributed by atoms with Crippen LogP contribution in [0.3, 0.4) is 0 Å². The summed E-state index contributed by atoms with van der Waals surface area (Å²) in [4.78, 5) is 3.93. The number of pyridine rings is 1. The van der Waals surface area contributed by atoms with Gasteiger partial charge in [0, 0.05) is 6.07 Å². The van der Waals surface area contributed by atoms with Crippen molar-refractivity contribution >= 4 is 15.9 Å². The Kier molecular flexibility index (Phi) is 2.44. The van der Waals surface area contributed by atoms with Gasteiger partial charge in [0.2, 0.25) is 5.88 Å². The fourth-order valence-corrected chi connectivity index (χ4v) is 1.01. The molecule has 4 heteroatoms. The molecule has 0 fully saturated rings. The largest absolute Gasteiger partial charge is 0.481 e. The SMILES string of the molecule is COc1ccc(C#N)c(Br)n1. The van der Waals surface area contributed by atoms with E-state index in [1.165, 1.54) is 7.11 Å². The van der Waals surface area contributed by atoms with Crippen molar-refractivity contribution in [1.29, 1.82) is 5.26 Å². The molecule has 1 rings (SSSR count). The number of aromatic nitrogens is 1. The average Bonchev–Trinajstić information content (AvgIpc) is 2.04. The summed E-state index contributed by atoms with van der Waals surface area (Å²) in [6.07, 6.45) is 0. The lowest BCUT2D eigenvalue weighted by atomic mass is 10.3. The minimum Gasteiger partial charge on any atom is -0.481 e. The number of methoxy groups -OCH3 is 1.